The monoisotopic (exact) mass is 274 g/mol. The second kappa shape index (κ2) is 9.10. The van der Waals surface area contributed by atoms with Crippen LogP contribution in [0, 0.1) is 0 Å². The van der Waals surface area contributed by atoms with Crippen molar-refractivity contribution >= 4 is 10.8 Å². The molecule has 2 aromatic heterocycles. The van der Waals surface area contributed by atoms with E-state index in [0.29, 0.717) is 0 Å². The third-order valence-corrected chi connectivity index (χ3v) is 2.72. The van der Waals surface area contributed by atoms with Crippen molar-refractivity contribution in [1.82, 2.24) is 9.97 Å². The molecule has 0 aliphatic carbocycles. The van der Waals surface area contributed by atoms with Gasteiger partial charge in [0.05, 0.1) is 0 Å². The molecule has 0 spiro atoms. The molecule has 0 aliphatic heterocycles. The molecular weight excluding hydrogens is 256 g/mol. The normalized spacial score (nSPS) is 8.95. The van der Waals surface area contributed by atoms with Gasteiger partial charge in [-0.25, -0.2) is 0 Å². The van der Waals surface area contributed by atoms with Gasteiger partial charge in [0, 0.05) is 24.8 Å². The molecule has 4 aromatic rings. The highest BCUT2D eigenvalue weighted by Gasteiger charge is 1.85. The van der Waals surface area contributed by atoms with Crippen LogP contribution in [0.25, 0.3) is 10.8 Å². The summed E-state index contributed by atoms with van der Waals surface area (Å²) in [5.41, 5.74) is 0. The van der Waals surface area contributed by atoms with Gasteiger partial charge in [-0.1, -0.05) is 54.6 Å². The van der Waals surface area contributed by atoms with Gasteiger partial charge in [0.2, 0.25) is 0 Å². The maximum absolute atomic E-state index is 3.78. The first-order chi connectivity index (χ1) is 10.5. The molecule has 0 unspecified atom stereocenters. The van der Waals surface area contributed by atoms with Crippen molar-refractivity contribution in [3.8, 4) is 0 Å². The number of hydrogen-bond acceptors (Lipinski definition) is 1. The van der Waals surface area contributed by atoms with E-state index >= 15 is 0 Å². The van der Waals surface area contributed by atoms with Crippen LogP contribution >= 0.6 is 0 Å². The smallest absolute Gasteiger partial charge is 0.0267 e. The van der Waals surface area contributed by atoms with Crippen molar-refractivity contribution in [2.45, 2.75) is 0 Å². The zero-order valence-electron chi connectivity index (χ0n) is 11.8. The Bertz CT molecular complexity index is 594. The Labute approximate surface area is 125 Å². The van der Waals surface area contributed by atoms with Gasteiger partial charge in [-0.2, -0.15) is 0 Å². The van der Waals surface area contributed by atoms with Gasteiger partial charge >= 0.3 is 0 Å². The molecular formula is C19H18N2. The Hall–Kier alpha value is -2.87. The Morgan fingerprint density at radius 2 is 1.00 bits per heavy atom. The number of aromatic nitrogens is 2. The highest BCUT2D eigenvalue weighted by molar-refractivity contribution is 5.81. The van der Waals surface area contributed by atoms with E-state index < -0.39 is 0 Å². The lowest BCUT2D eigenvalue weighted by Gasteiger charge is -1.92. The van der Waals surface area contributed by atoms with Gasteiger partial charge in [-0.05, 0) is 35.0 Å². The molecule has 0 radical (unpaired) electrons. The third-order valence-electron chi connectivity index (χ3n) is 2.72. The molecule has 0 atom stereocenters. The molecule has 21 heavy (non-hydrogen) atoms. The summed E-state index contributed by atoms with van der Waals surface area (Å²) >= 11 is 0. The minimum atomic E-state index is 1.31. The fourth-order valence-corrected chi connectivity index (χ4v) is 1.72. The molecule has 2 heterocycles. The minimum Gasteiger partial charge on any atom is -0.368 e. The van der Waals surface area contributed by atoms with Gasteiger partial charge in [0.25, 0.3) is 0 Å². The van der Waals surface area contributed by atoms with Crippen molar-refractivity contribution in [3.63, 3.8) is 0 Å². The summed E-state index contributed by atoms with van der Waals surface area (Å²) < 4.78 is 0. The highest BCUT2D eigenvalue weighted by atomic mass is 14.6. The number of rotatable bonds is 0. The molecule has 0 saturated carbocycles. The molecule has 0 aliphatic rings. The molecule has 0 saturated heterocycles. The second-order valence-electron chi connectivity index (χ2n) is 4.26. The lowest BCUT2D eigenvalue weighted by Crippen LogP contribution is -1.67. The van der Waals surface area contributed by atoms with Crippen LogP contribution in [-0.2, 0) is 0 Å². The zero-order valence-corrected chi connectivity index (χ0v) is 11.8. The van der Waals surface area contributed by atoms with Crippen LogP contribution in [0.3, 0.4) is 0 Å². The minimum absolute atomic E-state index is 1.31. The van der Waals surface area contributed by atoms with Crippen molar-refractivity contribution in [1.29, 1.82) is 0 Å². The average Bonchev–Trinajstić information content (AvgIpc) is 3.17. The Kier molecular flexibility index (Phi) is 6.30. The quantitative estimate of drug-likeness (QED) is 0.483. The number of pyridine rings is 1. The topological polar surface area (TPSA) is 28.7 Å². The van der Waals surface area contributed by atoms with Gasteiger partial charge < -0.3 is 4.98 Å². The molecule has 2 heteroatoms. The van der Waals surface area contributed by atoms with Crippen LogP contribution in [0.2, 0.25) is 0 Å². The van der Waals surface area contributed by atoms with Crippen molar-refractivity contribution in [3.05, 3.63) is 104 Å². The van der Waals surface area contributed by atoms with E-state index in [-0.39, 0.29) is 0 Å². The lowest BCUT2D eigenvalue weighted by atomic mass is 10.1. The summed E-state index contributed by atoms with van der Waals surface area (Å²) in [7, 11) is 0. The molecule has 0 amide bonds. The van der Waals surface area contributed by atoms with E-state index in [4.69, 9.17) is 0 Å². The highest BCUT2D eigenvalue weighted by Crippen LogP contribution is 2.11. The standard InChI is InChI=1S/C10H8.C5H5N.C4H5N/c1-2-6-10-8-4-3-7-9(10)5-1;1-2-4-6-5-3-1;1-2-4-5-3-1/h1-8H;1-5H;1-5H. The summed E-state index contributed by atoms with van der Waals surface area (Å²) in [6.45, 7) is 0. The van der Waals surface area contributed by atoms with E-state index in [1.165, 1.54) is 10.8 Å². The predicted octanol–water partition coefficient (Wildman–Crippen LogP) is 4.94. The number of hydrogen-bond donors (Lipinski definition) is 1. The molecule has 0 bridgehead atoms. The third kappa shape index (κ3) is 5.74. The van der Waals surface area contributed by atoms with Crippen molar-refractivity contribution in [2.75, 3.05) is 0 Å². The number of H-pyrrole nitrogens is 1. The molecule has 2 aromatic carbocycles. The largest absolute Gasteiger partial charge is 0.368 e. The summed E-state index contributed by atoms with van der Waals surface area (Å²) in [6.07, 6.45) is 7.25. The molecule has 104 valence electrons. The number of nitrogens with one attached hydrogen (secondary N) is 1. The SMILES string of the molecule is c1cc[nH]c1.c1ccc2ccccc2c1.c1ccncc1. The molecule has 0 fully saturated rings. The van der Waals surface area contributed by atoms with Crippen molar-refractivity contribution < 1.29 is 0 Å². The first kappa shape index (κ1) is 14.5. The zero-order chi connectivity index (χ0) is 14.6. The first-order valence-electron chi connectivity index (χ1n) is 6.83. The number of aromatic amines is 1. The number of benzene rings is 2. The van der Waals surface area contributed by atoms with Gasteiger partial charge in [-0.15, -0.1) is 0 Å². The van der Waals surface area contributed by atoms with Crippen LogP contribution in [0.5, 0.6) is 0 Å². The Morgan fingerprint density at radius 1 is 0.524 bits per heavy atom. The van der Waals surface area contributed by atoms with E-state index in [1.807, 2.05) is 42.7 Å². The van der Waals surface area contributed by atoms with E-state index in [0.717, 1.165) is 0 Å². The van der Waals surface area contributed by atoms with Crippen LogP contribution in [0.1, 0.15) is 0 Å². The summed E-state index contributed by atoms with van der Waals surface area (Å²) in [5, 5.41) is 2.62. The number of fused-ring (bicyclic) bond motifs is 1. The van der Waals surface area contributed by atoms with Crippen LogP contribution in [-0.4, -0.2) is 9.97 Å². The van der Waals surface area contributed by atoms with Crippen LogP contribution in [0.4, 0.5) is 0 Å². The number of nitrogens with zero attached hydrogens (tertiary/aromatic N) is 1. The van der Waals surface area contributed by atoms with Crippen molar-refractivity contribution in [2.24, 2.45) is 0 Å². The van der Waals surface area contributed by atoms with E-state index in [9.17, 15) is 0 Å². The Morgan fingerprint density at radius 3 is 1.24 bits per heavy atom. The van der Waals surface area contributed by atoms with Gasteiger partial charge in [0.1, 0.15) is 0 Å². The average molecular weight is 274 g/mol. The summed E-state index contributed by atoms with van der Waals surface area (Å²) in [6, 6.07) is 26.3. The Balaban J connectivity index is 0.000000126. The fourth-order valence-electron chi connectivity index (χ4n) is 1.72. The predicted molar refractivity (Wildman–Crippen MR) is 89.0 cm³/mol. The molecule has 4 rings (SSSR count). The summed E-state index contributed by atoms with van der Waals surface area (Å²) in [5.74, 6) is 0. The maximum Gasteiger partial charge on any atom is 0.0267 e. The van der Waals surface area contributed by atoms with Gasteiger partial charge in [-0.3, -0.25) is 4.98 Å². The first-order valence-corrected chi connectivity index (χ1v) is 6.83. The van der Waals surface area contributed by atoms with E-state index in [1.54, 1.807) is 12.4 Å². The van der Waals surface area contributed by atoms with Crippen LogP contribution < -0.4 is 0 Å². The molecule has 2 nitrogen and oxygen atoms in total. The van der Waals surface area contributed by atoms with Crippen LogP contribution in [0.15, 0.2) is 104 Å². The lowest BCUT2D eigenvalue weighted by molar-refractivity contribution is 1.33. The van der Waals surface area contributed by atoms with E-state index in [2.05, 4.69) is 58.5 Å². The summed E-state index contributed by atoms with van der Waals surface area (Å²) in [4.78, 5) is 6.65. The fraction of sp³-hybridized carbons (Fsp3) is 0. The maximum atomic E-state index is 3.78. The second-order valence-corrected chi connectivity index (χ2v) is 4.26. The molecule has 1 N–H and O–H groups in total. The van der Waals surface area contributed by atoms with Gasteiger partial charge in [0.15, 0.2) is 0 Å².